The molecule has 0 spiro atoms. The lowest BCUT2D eigenvalue weighted by Gasteiger charge is -2.26. The Morgan fingerprint density at radius 1 is 1.16 bits per heavy atom. The Morgan fingerprint density at radius 3 is 2.56 bits per heavy atom. The van der Waals surface area contributed by atoms with E-state index in [1.165, 1.54) is 17.0 Å². The van der Waals surface area contributed by atoms with Crippen LogP contribution in [0.15, 0.2) is 48.0 Å². The molecule has 0 bridgehead atoms. The number of nitrogens with zero attached hydrogens (tertiary/aromatic N) is 2. The van der Waals surface area contributed by atoms with Gasteiger partial charge in [0, 0.05) is 18.5 Å². The van der Waals surface area contributed by atoms with Crippen LogP contribution in [0.5, 0.6) is 11.5 Å². The van der Waals surface area contributed by atoms with Crippen LogP contribution >= 0.6 is 0 Å². The van der Waals surface area contributed by atoms with Gasteiger partial charge in [-0.2, -0.15) is 0 Å². The molecule has 1 amide bonds. The predicted octanol–water partition coefficient (Wildman–Crippen LogP) is 3.09. The number of phenols is 1. The summed E-state index contributed by atoms with van der Waals surface area (Å²) in [5.74, 6) is -0.657. The highest BCUT2D eigenvalue weighted by Gasteiger charge is 2.45. The second kappa shape index (κ2) is 8.67. The van der Waals surface area contributed by atoms with E-state index in [2.05, 4.69) is 0 Å². The second-order valence-corrected chi connectivity index (χ2v) is 8.70. The summed E-state index contributed by atoms with van der Waals surface area (Å²) in [6.07, 6.45) is 1.46. The third-order valence-electron chi connectivity index (χ3n) is 5.92. The van der Waals surface area contributed by atoms with Crippen LogP contribution in [0.1, 0.15) is 36.1 Å². The number of Topliss-reactive ketones (excluding diaryl/α,β-unsaturated/α-hetero) is 1. The molecule has 168 valence electrons. The number of ketones is 1. The smallest absolute Gasteiger partial charge is 0.295 e. The van der Waals surface area contributed by atoms with Crippen LogP contribution < -0.4 is 4.74 Å². The van der Waals surface area contributed by atoms with E-state index in [4.69, 9.17) is 4.74 Å². The third-order valence-corrected chi connectivity index (χ3v) is 5.92. The molecule has 2 unspecified atom stereocenters. The van der Waals surface area contributed by atoms with Crippen molar-refractivity contribution in [3.8, 4) is 11.5 Å². The molecule has 2 aromatic carbocycles. The number of aliphatic hydroxyl groups is 1. The summed E-state index contributed by atoms with van der Waals surface area (Å²) in [6.45, 7) is 3.11. The Labute approximate surface area is 187 Å². The van der Waals surface area contributed by atoms with Crippen molar-refractivity contribution in [2.45, 2.75) is 31.9 Å². The van der Waals surface area contributed by atoms with Crippen molar-refractivity contribution in [2.24, 2.45) is 0 Å². The fraction of sp³-hybridized carbons (Fsp3) is 0.360. The molecule has 0 saturated carbocycles. The first-order valence-corrected chi connectivity index (χ1v) is 10.8. The van der Waals surface area contributed by atoms with Gasteiger partial charge in [-0.05, 0) is 75.4 Å². The lowest BCUT2D eigenvalue weighted by atomic mass is 9.94. The molecule has 32 heavy (non-hydrogen) atoms. The van der Waals surface area contributed by atoms with Gasteiger partial charge in [0.05, 0.1) is 11.6 Å². The van der Waals surface area contributed by atoms with Crippen molar-refractivity contribution in [1.82, 2.24) is 9.80 Å². The molecule has 0 aliphatic carbocycles. The van der Waals surface area contributed by atoms with Gasteiger partial charge in [0.25, 0.3) is 11.7 Å². The Bertz CT molecular complexity index is 1070. The molecule has 1 saturated heterocycles. The summed E-state index contributed by atoms with van der Waals surface area (Å²) < 4.78 is 5.73. The Balaban J connectivity index is 1.77. The maximum Gasteiger partial charge on any atom is 0.295 e. The number of benzene rings is 2. The number of aliphatic hydroxyl groups excluding tert-OH is 1. The molecule has 2 aromatic rings. The van der Waals surface area contributed by atoms with Gasteiger partial charge in [0.15, 0.2) is 0 Å². The first kappa shape index (κ1) is 21.9. The first-order valence-electron chi connectivity index (χ1n) is 10.8. The molecular formula is C25H28N2O5. The van der Waals surface area contributed by atoms with E-state index in [0.717, 1.165) is 24.3 Å². The van der Waals surface area contributed by atoms with E-state index in [9.17, 15) is 19.8 Å². The molecule has 2 heterocycles. The van der Waals surface area contributed by atoms with Crippen molar-refractivity contribution in [2.75, 3.05) is 27.2 Å². The highest BCUT2D eigenvalue weighted by Crippen LogP contribution is 2.41. The van der Waals surface area contributed by atoms with Gasteiger partial charge in [-0.25, -0.2) is 0 Å². The summed E-state index contributed by atoms with van der Waals surface area (Å²) >= 11 is 0. The van der Waals surface area contributed by atoms with E-state index < -0.39 is 17.7 Å². The molecule has 2 N–H and O–H groups in total. The van der Waals surface area contributed by atoms with Crippen LogP contribution in [-0.2, 0) is 16.0 Å². The molecule has 2 atom stereocenters. The summed E-state index contributed by atoms with van der Waals surface area (Å²) in [5.41, 5.74) is 2.17. The Kier molecular flexibility index (Phi) is 5.93. The SMILES string of the molecule is CC1Cc2cc(/C(O)=C3\C(=O)C(=O)N(CCCN(C)C)C3c3ccc(O)cc3)ccc2O1. The molecule has 2 aliphatic heterocycles. The van der Waals surface area contributed by atoms with Gasteiger partial charge < -0.3 is 24.7 Å². The van der Waals surface area contributed by atoms with E-state index in [1.54, 1.807) is 24.3 Å². The van der Waals surface area contributed by atoms with E-state index in [1.807, 2.05) is 32.0 Å². The molecule has 7 nitrogen and oxygen atoms in total. The predicted molar refractivity (Wildman–Crippen MR) is 121 cm³/mol. The van der Waals surface area contributed by atoms with Gasteiger partial charge in [-0.1, -0.05) is 12.1 Å². The van der Waals surface area contributed by atoms with Crippen LogP contribution in [0.4, 0.5) is 0 Å². The zero-order valence-corrected chi connectivity index (χ0v) is 18.5. The minimum absolute atomic E-state index is 0.0571. The standard InChI is InChI=1S/C25H28N2O5/c1-15-13-18-14-17(7-10-20(18)32-15)23(29)21-22(16-5-8-19(28)9-6-16)27(25(31)24(21)30)12-4-11-26(2)3/h5-10,14-15,22,28-29H,4,11-13H2,1-3H3/b23-21+. The van der Waals surface area contributed by atoms with Crippen molar-refractivity contribution in [3.05, 3.63) is 64.7 Å². The Hall–Kier alpha value is -3.32. The van der Waals surface area contributed by atoms with Crippen LogP contribution in [0.25, 0.3) is 5.76 Å². The number of fused-ring (bicyclic) bond motifs is 1. The normalized spacial score (nSPS) is 21.8. The van der Waals surface area contributed by atoms with Crippen molar-refractivity contribution >= 4 is 17.4 Å². The fourth-order valence-corrected chi connectivity index (χ4v) is 4.40. The van der Waals surface area contributed by atoms with E-state index in [-0.39, 0.29) is 23.2 Å². The number of carbonyl (C=O) groups is 2. The second-order valence-electron chi connectivity index (χ2n) is 8.70. The minimum atomic E-state index is -0.721. The summed E-state index contributed by atoms with van der Waals surface area (Å²) in [7, 11) is 3.90. The molecule has 0 aromatic heterocycles. The topological polar surface area (TPSA) is 90.3 Å². The zero-order valence-electron chi connectivity index (χ0n) is 18.5. The highest BCUT2D eigenvalue weighted by molar-refractivity contribution is 6.46. The van der Waals surface area contributed by atoms with E-state index >= 15 is 0 Å². The molecule has 2 aliphatic rings. The quantitative estimate of drug-likeness (QED) is 0.411. The van der Waals surface area contributed by atoms with Crippen LogP contribution in [0.3, 0.4) is 0 Å². The molecule has 1 fully saturated rings. The van der Waals surface area contributed by atoms with Crippen molar-refractivity contribution in [3.63, 3.8) is 0 Å². The highest BCUT2D eigenvalue weighted by atomic mass is 16.5. The van der Waals surface area contributed by atoms with Crippen molar-refractivity contribution in [1.29, 1.82) is 0 Å². The lowest BCUT2D eigenvalue weighted by Crippen LogP contribution is -2.32. The monoisotopic (exact) mass is 436 g/mol. The van der Waals surface area contributed by atoms with Crippen LogP contribution in [0, 0.1) is 0 Å². The number of hydrogen-bond donors (Lipinski definition) is 2. The number of aromatic hydroxyl groups is 1. The first-order chi connectivity index (χ1) is 15.3. The molecular weight excluding hydrogens is 408 g/mol. The zero-order chi connectivity index (χ0) is 23.0. The third kappa shape index (κ3) is 4.08. The van der Waals surface area contributed by atoms with Crippen LogP contribution in [0.2, 0.25) is 0 Å². The summed E-state index contributed by atoms with van der Waals surface area (Å²) in [5, 5.41) is 20.9. The fourth-order valence-electron chi connectivity index (χ4n) is 4.40. The maximum atomic E-state index is 13.1. The van der Waals surface area contributed by atoms with Gasteiger partial charge in [-0.15, -0.1) is 0 Å². The lowest BCUT2D eigenvalue weighted by molar-refractivity contribution is -0.139. The van der Waals surface area contributed by atoms with Gasteiger partial charge in [0.1, 0.15) is 23.4 Å². The average Bonchev–Trinajstić information content (AvgIpc) is 3.24. The maximum absolute atomic E-state index is 13.1. The average molecular weight is 437 g/mol. The number of ether oxygens (including phenoxy) is 1. The number of carbonyl (C=O) groups excluding carboxylic acids is 2. The molecule has 4 rings (SSSR count). The number of hydrogen-bond acceptors (Lipinski definition) is 6. The van der Waals surface area contributed by atoms with Gasteiger partial charge in [0.2, 0.25) is 0 Å². The Morgan fingerprint density at radius 2 is 1.88 bits per heavy atom. The van der Waals surface area contributed by atoms with Gasteiger partial charge in [-0.3, -0.25) is 9.59 Å². The number of rotatable bonds is 6. The van der Waals surface area contributed by atoms with Crippen LogP contribution in [-0.4, -0.2) is 65.0 Å². The number of likely N-dealkylation sites (tertiary alicyclic amines) is 1. The number of phenolic OH excluding ortho intramolecular Hbond substituents is 1. The van der Waals surface area contributed by atoms with E-state index in [0.29, 0.717) is 24.1 Å². The number of amides is 1. The van der Waals surface area contributed by atoms with Crippen molar-refractivity contribution < 1.29 is 24.5 Å². The molecule has 7 heteroatoms. The summed E-state index contributed by atoms with van der Waals surface area (Å²) in [6, 6.07) is 11.0. The largest absolute Gasteiger partial charge is 0.508 e. The minimum Gasteiger partial charge on any atom is -0.508 e. The summed E-state index contributed by atoms with van der Waals surface area (Å²) in [4.78, 5) is 29.6. The van der Waals surface area contributed by atoms with Gasteiger partial charge >= 0.3 is 0 Å². The molecule has 0 radical (unpaired) electrons.